The number of rotatable bonds is 5. The van der Waals surface area contributed by atoms with E-state index in [9.17, 15) is 0 Å². The molecule has 3 heteroatoms. The average Bonchev–Trinajstić information content (AvgIpc) is 3.13. The van der Waals surface area contributed by atoms with Crippen LogP contribution in [0.5, 0.6) is 5.75 Å². The zero-order valence-electron chi connectivity index (χ0n) is 11.0. The molecule has 1 saturated carbocycles. The summed E-state index contributed by atoms with van der Waals surface area (Å²) in [4.78, 5) is 0. The van der Waals surface area contributed by atoms with Gasteiger partial charge in [0.15, 0.2) is 0 Å². The van der Waals surface area contributed by atoms with Crippen molar-refractivity contribution < 1.29 is 4.74 Å². The molecular formula is C15H20N2O. The zero-order chi connectivity index (χ0) is 12.5. The number of hydrogen-bond donors (Lipinski definition) is 1. The lowest BCUT2D eigenvalue weighted by Gasteiger charge is -2.16. The highest BCUT2D eigenvalue weighted by Gasteiger charge is 2.21. The van der Waals surface area contributed by atoms with E-state index < -0.39 is 0 Å². The quantitative estimate of drug-likeness (QED) is 0.875. The summed E-state index contributed by atoms with van der Waals surface area (Å²) < 4.78 is 7.60. The maximum atomic E-state index is 5.26. The van der Waals surface area contributed by atoms with Crippen LogP contribution in [0.15, 0.2) is 30.5 Å². The molecule has 0 amide bonds. The van der Waals surface area contributed by atoms with Crippen LogP contribution in [-0.2, 0) is 0 Å². The summed E-state index contributed by atoms with van der Waals surface area (Å²) in [6.07, 6.45) is 4.86. The lowest BCUT2D eigenvalue weighted by molar-refractivity contribution is 0.415. The van der Waals surface area contributed by atoms with Crippen LogP contribution >= 0.6 is 0 Å². The number of hydrogen-bond acceptors (Lipinski definition) is 2. The van der Waals surface area contributed by atoms with Crippen LogP contribution in [0.3, 0.4) is 0 Å². The minimum absolute atomic E-state index is 0.483. The molecule has 96 valence electrons. The second-order valence-corrected chi connectivity index (χ2v) is 5.18. The van der Waals surface area contributed by atoms with E-state index in [-0.39, 0.29) is 0 Å². The number of nitrogens with zero attached hydrogens (tertiary/aromatic N) is 1. The van der Waals surface area contributed by atoms with Crippen LogP contribution in [0.2, 0.25) is 0 Å². The van der Waals surface area contributed by atoms with Crippen LogP contribution < -0.4 is 10.1 Å². The van der Waals surface area contributed by atoms with Crippen molar-refractivity contribution in [3.05, 3.63) is 30.5 Å². The molecule has 1 heterocycles. The Kier molecular flexibility index (Phi) is 3.00. The van der Waals surface area contributed by atoms with Crippen molar-refractivity contribution in [3.63, 3.8) is 0 Å². The summed E-state index contributed by atoms with van der Waals surface area (Å²) >= 11 is 0. The third-order valence-corrected chi connectivity index (χ3v) is 3.68. The molecule has 1 aromatic carbocycles. The largest absolute Gasteiger partial charge is 0.497 e. The molecule has 3 rings (SSSR count). The summed E-state index contributed by atoms with van der Waals surface area (Å²) in [6.45, 7) is 3.31. The van der Waals surface area contributed by atoms with Crippen LogP contribution in [-0.4, -0.2) is 24.3 Å². The van der Waals surface area contributed by atoms with E-state index in [1.807, 2.05) is 6.07 Å². The van der Waals surface area contributed by atoms with Crippen LogP contribution in [0.4, 0.5) is 0 Å². The van der Waals surface area contributed by atoms with E-state index in [1.54, 1.807) is 7.11 Å². The molecule has 0 bridgehead atoms. The predicted octanol–water partition coefficient (Wildman–Crippen LogP) is 2.96. The summed E-state index contributed by atoms with van der Waals surface area (Å²) in [5, 5.41) is 4.83. The third-order valence-electron chi connectivity index (χ3n) is 3.68. The number of methoxy groups -OCH3 is 1. The topological polar surface area (TPSA) is 26.2 Å². The fraction of sp³-hybridized carbons (Fsp3) is 0.467. The predicted molar refractivity (Wildman–Crippen MR) is 74.2 cm³/mol. The smallest absolute Gasteiger partial charge is 0.119 e. The van der Waals surface area contributed by atoms with Crippen molar-refractivity contribution in [1.29, 1.82) is 0 Å². The minimum atomic E-state index is 0.483. The minimum Gasteiger partial charge on any atom is -0.497 e. The lowest BCUT2D eigenvalue weighted by Crippen LogP contribution is -2.24. The fourth-order valence-corrected chi connectivity index (χ4v) is 2.38. The van der Waals surface area contributed by atoms with Gasteiger partial charge in [-0.15, -0.1) is 0 Å². The van der Waals surface area contributed by atoms with Crippen molar-refractivity contribution in [1.82, 2.24) is 9.88 Å². The summed E-state index contributed by atoms with van der Waals surface area (Å²) in [5.74, 6) is 0.920. The molecule has 1 unspecified atom stereocenters. The van der Waals surface area contributed by atoms with Gasteiger partial charge in [-0.3, -0.25) is 0 Å². The number of ether oxygens (including phenoxy) is 1. The van der Waals surface area contributed by atoms with E-state index in [0.29, 0.717) is 6.04 Å². The van der Waals surface area contributed by atoms with Crippen LogP contribution in [0.25, 0.3) is 10.9 Å². The number of nitrogens with one attached hydrogen (secondary N) is 1. The highest BCUT2D eigenvalue weighted by molar-refractivity contribution is 5.81. The zero-order valence-corrected chi connectivity index (χ0v) is 11.0. The molecule has 1 aromatic heterocycles. The number of aromatic nitrogens is 1. The molecule has 0 saturated heterocycles. The van der Waals surface area contributed by atoms with Crippen LogP contribution in [0, 0.1) is 0 Å². The highest BCUT2D eigenvalue weighted by atomic mass is 16.5. The number of benzene rings is 1. The van der Waals surface area contributed by atoms with Crippen LogP contribution in [0.1, 0.15) is 25.8 Å². The molecule has 3 nitrogen and oxygen atoms in total. The molecular weight excluding hydrogens is 224 g/mol. The van der Waals surface area contributed by atoms with E-state index in [2.05, 4.69) is 41.2 Å². The van der Waals surface area contributed by atoms with E-state index in [4.69, 9.17) is 4.74 Å². The highest BCUT2D eigenvalue weighted by Crippen LogP contribution is 2.25. The van der Waals surface area contributed by atoms with Gasteiger partial charge in [0.1, 0.15) is 5.75 Å². The Labute approximate surface area is 108 Å². The van der Waals surface area contributed by atoms with Gasteiger partial charge in [-0.05, 0) is 44.0 Å². The molecule has 0 spiro atoms. The summed E-state index contributed by atoms with van der Waals surface area (Å²) in [7, 11) is 1.71. The molecule has 1 aliphatic rings. The third kappa shape index (κ3) is 2.23. The first-order valence-electron chi connectivity index (χ1n) is 6.66. The average molecular weight is 244 g/mol. The van der Waals surface area contributed by atoms with Gasteiger partial charge in [0.25, 0.3) is 0 Å². The standard InChI is InChI=1S/C15H20N2O/c1-11(10-16-13-3-4-13)17-8-7-12-9-14(18-2)5-6-15(12)17/h5-9,11,13,16H,3-4,10H2,1-2H3. The first-order chi connectivity index (χ1) is 8.78. The Bertz CT molecular complexity index is 542. The molecule has 1 aliphatic carbocycles. The van der Waals surface area contributed by atoms with Crippen molar-refractivity contribution in [2.24, 2.45) is 0 Å². The van der Waals surface area contributed by atoms with Crippen molar-refractivity contribution in [3.8, 4) is 5.75 Å². The van der Waals surface area contributed by atoms with Crippen molar-refractivity contribution >= 4 is 10.9 Å². The molecule has 0 radical (unpaired) electrons. The molecule has 1 fully saturated rings. The Morgan fingerprint density at radius 3 is 2.94 bits per heavy atom. The van der Waals surface area contributed by atoms with Gasteiger partial charge in [0.2, 0.25) is 0 Å². The molecule has 2 aromatic rings. The van der Waals surface area contributed by atoms with E-state index in [1.165, 1.54) is 23.7 Å². The molecule has 18 heavy (non-hydrogen) atoms. The number of fused-ring (bicyclic) bond motifs is 1. The maximum absolute atomic E-state index is 5.26. The van der Waals surface area contributed by atoms with Gasteiger partial charge in [-0.2, -0.15) is 0 Å². The fourth-order valence-electron chi connectivity index (χ4n) is 2.38. The van der Waals surface area contributed by atoms with E-state index in [0.717, 1.165) is 18.3 Å². The SMILES string of the molecule is COc1ccc2c(ccn2C(C)CNC2CC2)c1. The van der Waals surface area contributed by atoms with Gasteiger partial charge in [0, 0.05) is 35.7 Å². The monoisotopic (exact) mass is 244 g/mol. The van der Waals surface area contributed by atoms with Gasteiger partial charge in [0.05, 0.1) is 7.11 Å². The lowest BCUT2D eigenvalue weighted by atomic mass is 10.2. The van der Waals surface area contributed by atoms with Gasteiger partial charge in [-0.25, -0.2) is 0 Å². The van der Waals surface area contributed by atoms with Crippen molar-refractivity contribution in [2.75, 3.05) is 13.7 Å². The van der Waals surface area contributed by atoms with Gasteiger partial charge < -0.3 is 14.6 Å². The van der Waals surface area contributed by atoms with Crippen molar-refractivity contribution in [2.45, 2.75) is 31.8 Å². The Balaban J connectivity index is 1.82. The molecule has 1 atom stereocenters. The second kappa shape index (κ2) is 4.65. The van der Waals surface area contributed by atoms with Gasteiger partial charge in [-0.1, -0.05) is 0 Å². The Hall–Kier alpha value is -1.48. The first kappa shape index (κ1) is 11.6. The molecule has 1 N–H and O–H groups in total. The maximum Gasteiger partial charge on any atom is 0.119 e. The Morgan fingerprint density at radius 2 is 2.22 bits per heavy atom. The Morgan fingerprint density at radius 1 is 1.39 bits per heavy atom. The molecule has 0 aliphatic heterocycles. The normalized spacial score (nSPS) is 17.0. The second-order valence-electron chi connectivity index (χ2n) is 5.18. The first-order valence-corrected chi connectivity index (χ1v) is 6.66. The van der Waals surface area contributed by atoms with Gasteiger partial charge >= 0.3 is 0 Å². The summed E-state index contributed by atoms with van der Waals surface area (Å²) in [5.41, 5.74) is 1.28. The van der Waals surface area contributed by atoms with E-state index >= 15 is 0 Å². The summed E-state index contributed by atoms with van der Waals surface area (Å²) in [6, 6.07) is 9.67.